The second-order valence-electron chi connectivity index (χ2n) is 5.74. The van der Waals surface area contributed by atoms with Crippen LogP contribution in [0, 0.1) is 6.92 Å². The highest BCUT2D eigenvalue weighted by molar-refractivity contribution is 7.88. The van der Waals surface area contributed by atoms with E-state index >= 15 is 0 Å². The van der Waals surface area contributed by atoms with E-state index in [2.05, 4.69) is 10.1 Å². The molecule has 0 N–H and O–H groups in total. The van der Waals surface area contributed by atoms with Crippen LogP contribution in [0.4, 0.5) is 0 Å². The van der Waals surface area contributed by atoms with E-state index in [1.807, 2.05) is 31.2 Å². The Bertz CT molecular complexity index is 782. The second-order valence-corrected chi connectivity index (χ2v) is 7.72. The first-order valence-corrected chi connectivity index (χ1v) is 9.24. The molecule has 0 unspecified atom stereocenters. The molecule has 1 aromatic heterocycles. The van der Waals surface area contributed by atoms with Crippen molar-refractivity contribution in [2.45, 2.75) is 19.3 Å². The van der Waals surface area contributed by atoms with Gasteiger partial charge in [-0.1, -0.05) is 17.3 Å². The fourth-order valence-corrected chi connectivity index (χ4v) is 3.27. The molecule has 124 valence electrons. The molecule has 0 amide bonds. The lowest BCUT2D eigenvalue weighted by molar-refractivity contribution is 0.217. The van der Waals surface area contributed by atoms with Gasteiger partial charge in [0.25, 0.3) is 0 Å². The van der Waals surface area contributed by atoms with Crippen LogP contribution in [0.2, 0.25) is 0 Å². The summed E-state index contributed by atoms with van der Waals surface area (Å²) in [7, 11) is -3.13. The SMILES string of the molecule is Cc1cccc(OCCc2noc(C3CN(S(C)(=O)=O)C3)n2)c1. The Labute approximate surface area is 135 Å². The number of hydrogen-bond donors (Lipinski definition) is 0. The van der Waals surface area contributed by atoms with E-state index in [4.69, 9.17) is 9.26 Å². The Morgan fingerprint density at radius 2 is 2.17 bits per heavy atom. The van der Waals surface area contributed by atoms with Crippen LogP contribution in [0.1, 0.15) is 23.2 Å². The van der Waals surface area contributed by atoms with Gasteiger partial charge < -0.3 is 9.26 Å². The molecule has 1 aliphatic heterocycles. The van der Waals surface area contributed by atoms with Crippen LogP contribution < -0.4 is 4.74 Å². The normalized spacial score (nSPS) is 16.3. The van der Waals surface area contributed by atoms with Gasteiger partial charge in [-0.25, -0.2) is 12.7 Å². The van der Waals surface area contributed by atoms with Crippen molar-refractivity contribution in [3.8, 4) is 5.75 Å². The third kappa shape index (κ3) is 3.89. The highest BCUT2D eigenvalue weighted by Gasteiger charge is 2.37. The maximum absolute atomic E-state index is 11.3. The first kappa shape index (κ1) is 15.9. The van der Waals surface area contributed by atoms with Crippen molar-refractivity contribution < 1.29 is 17.7 Å². The second kappa shape index (κ2) is 6.29. The molecule has 3 rings (SSSR count). The quantitative estimate of drug-likeness (QED) is 0.791. The summed E-state index contributed by atoms with van der Waals surface area (Å²) in [6.45, 7) is 3.28. The van der Waals surface area contributed by atoms with Crippen LogP contribution in [-0.4, -0.2) is 48.8 Å². The highest BCUT2D eigenvalue weighted by Crippen LogP contribution is 2.27. The number of sulfonamides is 1. The third-order valence-corrected chi connectivity index (χ3v) is 4.97. The molecule has 0 aliphatic carbocycles. The molecular formula is C15H19N3O4S. The topological polar surface area (TPSA) is 85.5 Å². The van der Waals surface area contributed by atoms with E-state index in [1.165, 1.54) is 10.6 Å². The molecule has 1 aliphatic rings. The van der Waals surface area contributed by atoms with E-state index in [0.29, 0.717) is 37.8 Å². The Kier molecular flexibility index (Phi) is 4.36. The van der Waals surface area contributed by atoms with Crippen molar-refractivity contribution in [3.05, 3.63) is 41.5 Å². The summed E-state index contributed by atoms with van der Waals surface area (Å²) < 4.78 is 34.9. The molecule has 7 nitrogen and oxygen atoms in total. The first-order chi connectivity index (χ1) is 10.9. The number of hydrogen-bond acceptors (Lipinski definition) is 6. The van der Waals surface area contributed by atoms with Crippen LogP contribution in [0.5, 0.6) is 5.75 Å². The van der Waals surface area contributed by atoms with Crippen molar-refractivity contribution in [1.82, 2.24) is 14.4 Å². The zero-order valence-electron chi connectivity index (χ0n) is 13.1. The van der Waals surface area contributed by atoms with Gasteiger partial charge in [0.05, 0.1) is 18.8 Å². The van der Waals surface area contributed by atoms with Gasteiger partial charge in [-0.3, -0.25) is 0 Å². The smallest absolute Gasteiger partial charge is 0.232 e. The standard InChI is InChI=1S/C15H19N3O4S/c1-11-4-3-5-13(8-11)21-7-6-14-16-15(22-17-14)12-9-18(10-12)23(2,19)20/h3-5,8,12H,6-7,9-10H2,1-2H3. The largest absolute Gasteiger partial charge is 0.493 e. The van der Waals surface area contributed by atoms with Crippen molar-refractivity contribution >= 4 is 10.0 Å². The van der Waals surface area contributed by atoms with Crippen molar-refractivity contribution in [3.63, 3.8) is 0 Å². The zero-order valence-corrected chi connectivity index (χ0v) is 13.9. The minimum absolute atomic E-state index is 0.0105. The molecule has 1 saturated heterocycles. The van der Waals surface area contributed by atoms with E-state index in [0.717, 1.165) is 11.3 Å². The average molecular weight is 337 g/mol. The Balaban J connectivity index is 1.49. The molecule has 0 atom stereocenters. The van der Waals surface area contributed by atoms with Gasteiger partial charge in [0.1, 0.15) is 5.75 Å². The van der Waals surface area contributed by atoms with Gasteiger partial charge in [-0.15, -0.1) is 0 Å². The average Bonchev–Trinajstić information content (AvgIpc) is 2.84. The van der Waals surface area contributed by atoms with Gasteiger partial charge >= 0.3 is 0 Å². The fourth-order valence-electron chi connectivity index (χ4n) is 2.37. The van der Waals surface area contributed by atoms with Gasteiger partial charge in [0.2, 0.25) is 15.9 Å². The lowest BCUT2D eigenvalue weighted by Gasteiger charge is -2.34. The summed E-state index contributed by atoms with van der Waals surface area (Å²) in [6.07, 6.45) is 1.74. The Morgan fingerprint density at radius 3 is 2.87 bits per heavy atom. The van der Waals surface area contributed by atoms with Crippen LogP contribution in [0.15, 0.2) is 28.8 Å². The Hall–Kier alpha value is -1.93. The molecule has 0 saturated carbocycles. The Morgan fingerprint density at radius 1 is 1.39 bits per heavy atom. The molecule has 0 spiro atoms. The maximum atomic E-state index is 11.3. The predicted octanol–water partition coefficient (Wildman–Crippen LogP) is 1.36. The third-order valence-electron chi connectivity index (χ3n) is 3.73. The number of aromatic nitrogens is 2. The monoisotopic (exact) mass is 337 g/mol. The van der Waals surface area contributed by atoms with Crippen LogP contribution in [0.25, 0.3) is 0 Å². The molecule has 2 aromatic rings. The summed E-state index contributed by atoms with van der Waals surface area (Å²) in [6, 6.07) is 7.83. The molecule has 1 fully saturated rings. The lowest BCUT2D eigenvalue weighted by atomic mass is 10.0. The van der Waals surface area contributed by atoms with E-state index in [1.54, 1.807) is 0 Å². The van der Waals surface area contributed by atoms with Crippen LogP contribution >= 0.6 is 0 Å². The van der Waals surface area contributed by atoms with Gasteiger partial charge in [-0.2, -0.15) is 4.98 Å². The summed E-state index contributed by atoms with van der Waals surface area (Å²) in [5, 5.41) is 3.92. The molecular weight excluding hydrogens is 318 g/mol. The zero-order chi connectivity index (χ0) is 16.4. The van der Waals surface area contributed by atoms with E-state index in [-0.39, 0.29) is 5.92 Å². The van der Waals surface area contributed by atoms with Crippen LogP contribution in [0.3, 0.4) is 0 Å². The number of ether oxygens (including phenoxy) is 1. The summed E-state index contributed by atoms with van der Waals surface area (Å²) in [5.41, 5.74) is 1.14. The number of aryl methyl sites for hydroxylation is 1. The van der Waals surface area contributed by atoms with Gasteiger partial charge in [-0.05, 0) is 24.6 Å². The summed E-state index contributed by atoms with van der Waals surface area (Å²) >= 11 is 0. The van der Waals surface area contributed by atoms with Gasteiger partial charge in [0, 0.05) is 19.5 Å². The minimum Gasteiger partial charge on any atom is -0.493 e. The van der Waals surface area contributed by atoms with Crippen molar-refractivity contribution in [2.75, 3.05) is 26.0 Å². The van der Waals surface area contributed by atoms with Crippen molar-refractivity contribution in [1.29, 1.82) is 0 Å². The molecule has 23 heavy (non-hydrogen) atoms. The molecule has 2 heterocycles. The van der Waals surface area contributed by atoms with Gasteiger partial charge in [0.15, 0.2) is 5.82 Å². The van der Waals surface area contributed by atoms with Crippen molar-refractivity contribution in [2.24, 2.45) is 0 Å². The minimum atomic E-state index is -3.13. The first-order valence-electron chi connectivity index (χ1n) is 7.39. The molecule has 0 bridgehead atoms. The lowest BCUT2D eigenvalue weighted by Crippen LogP contribution is -2.47. The molecule has 1 aromatic carbocycles. The number of benzene rings is 1. The molecule has 8 heteroatoms. The maximum Gasteiger partial charge on any atom is 0.232 e. The van der Waals surface area contributed by atoms with Crippen LogP contribution in [-0.2, 0) is 16.4 Å². The fraction of sp³-hybridized carbons (Fsp3) is 0.467. The molecule has 0 radical (unpaired) electrons. The predicted molar refractivity (Wildman–Crippen MR) is 83.8 cm³/mol. The summed E-state index contributed by atoms with van der Waals surface area (Å²) in [4.78, 5) is 4.32. The number of nitrogens with zero attached hydrogens (tertiary/aromatic N) is 3. The van der Waals surface area contributed by atoms with E-state index < -0.39 is 10.0 Å². The van der Waals surface area contributed by atoms with E-state index in [9.17, 15) is 8.42 Å². The number of rotatable bonds is 6. The highest BCUT2D eigenvalue weighted by atomic mass is 32.2. The summed E-state index contributed by atoms with van der Waals surface area (Å²) in [5.74, 6) is 1.88.